The van der Waals surface area contributed by atoms with Crippen molar-refractivity contribution >= 4 is 33.4 Å². The number of carbonyl (C=O) groups excluding carboxylic acids is 1. The molecular weight excluding hydrogens is 421 g/mol. The summed E-state index contributed by atoms with van der Waals surface area (Å²) in [7, 11) is 0.511. The molecule has 3 rings (SSSR count). The second kappa shape index (κ2) is 7.91. The molecule has 0 aliphatic carbocycles. The molecule has 1 atom stereocenters. The lowest BCUT2D eigenvalue weighted by atomic mass is 9.96. The van der Waals surface area contributed by atoms with Gasteiger partial charge in [-0.2, -0.15) is 17.4 Å². The molecule has 0 bridgehead atoms. The highest BCUT2D eigenvalue weighted by molar-refractivity contribution is 7.87. The summed E-state index contributed by atoms with van der Waals surface area (Å²) in [4.78, 5) is 14.2. The van der Waals surface area contributed by atoms with Crippen molar-refractivity contribution in [2.45, 2.75) is 19.4 Å². The van der Waals surface area contributed by atoms with Gasteiger partial charge in [-0.3, -0.25) is 4.79 Å². The van der Waals surface area contributed by atoms with Gasteiger partial charge >= 0.3 is 0 Å². The number of hydrogen-bond donors (Lipinski definition) is 1. The summed E-state index contributed by atoms with van der Waals surface area (Å²) < 4.78 is 47.3. The van der Waals surface area contributed by atoms with Crippen LogP contribution in [-0.2, 0) is 21.4 Å². The van der Waals surface area contributed by atoms with Crippen LogP contribution in [0.25, 0.3) is 0 Å². The van der Waals surface area contributed by atoms with Gasteiger partial charge in [-0.05, 0) is 36.6 Å². The summed E-state index contributed by atoms with van der Waals surface area (Å²) in [5.74, 6) is -0.447. The number of amides is 1. The molecule has 0 spiro atoms. The number of nitrogens with one attached hydrogen (secondary N) is 1. The minimum absolute atomic E-state index is 0.124. The standard InChI is InChI=1S/C19H21ClFN3O4S/c1-11-5-6-12-9-15(22-29(26,27)23(2)3)19(25)24(4)17(12)18(11)28-16-10-13(21)7-8-14(16)20/h5-8,10,15,22H,9H2,1-4H3/t15-/m1/s1. The Bertz CT molecular complexity index is 1080. The van der Waals surface area contributed by atoms with Gasteiger partial charge in [-0.1, -0.05) is 23.7 Å². The molecule has 0 fully saturated rings. The molecule has 0 aromatic heterocycles. The number of carbonyl (C=O) groups is 1. The van der Waals surface area contributed by atoms with Crippen LogP contribution >= 0.6 is 11.6 Å². The van der Waals surface area contributed by atoms with Crippen molar-refractivity contribution < 1.29 is 22.3 Å². The van der Waals surface area contributed by atoms with E-state index in [2.05, 4.69) is 4.72 Å². The lowest BCUT2D eigenvalue weighted by Crippen LogP contribution is -2.53. The summed E-state index contributed by atoms with van der Waals surface area (Å²) >= 11 is 6.12. The van der Waals surface area contributed by atoms with Crippen LogP contribution in [0.15, 0.2) is 30.3 Å². The van der Waals surface area contributed by atoms with E-state index in [1.165, 1.54) is 44.2 Å². The highest BCUT2D eigenvalue weighted by atomic mass is 35.5. The molecule has 0 saturated heterocycles. The average Bonchev–Trinajstić information content (AvgIpc) is 2.64. The first-order valence-corrected chi connectivity index (χ1v) is 10.6. The highest BCUT2D eigenvalue weighted by Gasteiger charge is 2.36. The van der Waals surface area contributed by atoms with Crippen molar-refractivity contribution in [2.24, 2.45) is 0 Å². The minimum Gasteiger partial charge on any atom is -0.453 e. The van der Waals surface area contributed by atoms with E-state index in [9.17, 15) is 17.6 Å². The van der Waals surface area contributed by atoms with E-state index in [0.717, 1.165) is 9.87 Å². The smallest absolute Gasteiger partial charge is 0.279 e. The summed E-state index contributed by atoms with van der Waals surface area (Å²) in [6, 6.07) is 6.43. The normalized spacial score (nSPS) is 16.9. The minimum atomic E-state index is -3.79. The van der Waals surface area contributed by atoms with E-state index in [4.69, 9.17) is 16.3 Å². The maximum Gasteiger partial charge on any atom is 0.279 e. The molecule has 0 unspecified atom stereocenters. The quantitative estimate of drug-likeness (QED) is 0.773. The van der Waals surface area contributed by atoms with Crippen LogP contribution in [0.3, 0.4) is 0 Å². The Morgan fingerprint density at radius 3 is 2.62 bits per heavy atom. The fourth-order valence-corrected chi connectivity index (χ4v) is 3.98. The van der Waals surface area contributed by atoms with E-state index in [1.54, 1.807) is 13.0 Å². The SMILES string of the molecule is Cc1ccc2c(c1Oc1cc(F)ccc1Cl)N(C)C(=O)[C@H](NS(=O)(=O)N(C)C)C2. The zero-order chi connectivity index (χ0) is 21.5. The summed E-state index contributed by atoms with van der Waals surface area (Å²) in [6.07, 6.45) is 0.152. The lowest BCUT2D eigenvalue weighted by molar-refractivity contribution is -0.120. The number of hydrogen-bond acceptors (Lipinski definition) is 4. The topological polar surface area (TPSA) is 79.0 Å². The zero-order valence-corrected chi connectivity index (χ0v) is 17.9. The Labute approximate surface area is 174 Å². The zero-order valence-electron chi connectivity index (χ0n) is 16.4. The molecule has 7 nitrogen and oxygen atoms in total. The molecule has 29 heavy (non-hydrogen) atoms. The molecule has 2 aromatic rings. The number of likely N-dealkylation sites (N-methyl/N-ethyl adjacent to an activating group) is 1. The monoisotopic (exact) mass is 441 g/mol. The Kier molecular flexibility index (Phi) is 5.86. The van der Waals surface area contributed by atoms with Crippen molar-refractivity contribution in [3.05, 3.63) is 52.3 Å². The number of nitrogens with zero attached hydrogens (tertiary/aromatic N) is 2. The van der Waals surface area contributed by atoms with Gasteiger partial charge < -0.3 is 9.64 Å². The molecule has 1 aliphatic rings. The fourth-order valence-electron chi connectivity index (χ4n) is 3.07. The van der Waals surface area contributed by atoms with Crippen LogP contribution < -0.4 is 14.4 Å². The molecule has 1 amide bonds. The number of fused-ring (bicyclic) bond motifs is 1. The second-order valence-corrected chi connectivity index (χ2v) is 9.28. The van der Waals surface area contributed by atoms with E-state index < -0.39 is 28.0 Å². The maximum absolute atomic E-state index is 13.6. The van der Waals surface area contributed by atoms with Gasteiger partial charge in [-0.25, -0.2) is 4.39 Å². The number of halogens is 2. The number of aryl methyl sites for hydroxylation is 1. The molecule has 0 saturated carbocycles. The predicted molar refractivity (Wildman–Crippen MR) is 109 cm³/mol. The molecule has 2 aromatic carbocycles. The number of benzene rings is 2. The number of rotatable bonds is 5. The maximum atomic E-state index is 13.6. The molecular formula is C19H21ClFN3O4S. The van der Waals surface area contributed by atoms with E-state index >= 15 is 0 Å². The first-order valence-electron chi connectivity index (χ1n) is 8.74. The number of anilines is 1. The van der Waals surface area contributed by atoms with Gasteiger partial charge in [0.15, 0.2) is 5.75 Å². The van der Waals surface area contributed by atoms with E-state index in [-0.39, 0.29) is 17.2 Å². The van der Waals surface area contributed by atoms with Crippen LogP contribution in [0.2, 0.25) is 5.02 Å². The summed E-state index contributed by atoms with van der Waals surface area (Å²) in [6.45, 7) is 1.79. The molecule has 156 valence electrons. The Hall–Kier alpha value is -2.20. The third-order valence-corrected chi connectivity index (χ3v) is 6.53. The molecule has 1 heterocycles. The van der Waals surface area contributed by atoms with Crippen LogP contribution in [0.5, 0.6) is 11.5 Å². The van der Waals surface area contributed by atoms with Crippen molar-refractivity contribution in [1.82, 2.24) is 9.03 Å². The van der Waals surface area contributed by atoms with Gasteiger partial charge in [0.2, 0.25) is 5.91 Å². The fraction of sp³-hybridized carbons (Fsp3) is 0.316. The van der Waals surface area contributed by atoms with Crippen molar-refractivity contribution in [2.75, 3.05) is 26.0 Å². The van der Waals surface area contributed by atoms with Crippen LogP contribution in [0.4, 0.5) is 10.1 Å². The van der Waals surface area contributed by atoms with Gasteiger partial charge in [0.1, 0.15) is 17.6 Å². The Morgan fingerprint density at radius 1 is 1.28 bits per heavy atom. The van der Waals surface area contributed by atoms with Crippen molar-refractivity contribution in [1.29, 1.82) is 0 Å². The third-order valence-electron chi connectivity index (χ3n) is 4.68. The predicted octanol–water partition coefficient (Wildman–Crippen LogP) is 2.86. The average molecular weight is 442 g/mol. The third kappa shape index (κ3) is 4.23. The van der Waals surface area contributed by atoms with Crippen molar-refractivity contribution in [3.63, 3.8) is 0 Å². The first kappa shape index (κ1) is 21.5. The first-order chi connectivity index (χ1) is 13.5. The van der Waals surface area contributed by atoms with Crippen molar-refractivity contribution in [3.8, 4) is 11.5 Å². The molecule has 1 aliphatic heterocycles. The van der Waals surface area contributed by atoms with Crippen LogP contribution in [0, 0.1) is 12.7 Å². The Balaban J connectivity index is 2.02. The van der Waals surface area contributed by atoms with Gasteiger partial charge in [0.05, 0.1) is 10.7 Å². The summed E-state index contributed by atoms with van der Waals surface area (Å²) in [5, 5.41) is 0.227. The highest BCUT2D eigenvalue weighted by Crippen LogP contribution is 2.42. The molecule has 10 heteroatoms. The second-order valence-electron chi connectivity index (χ2n) is 6.96. The van der Waals surface area contributed by atoms with Crippen LogP contribution in [-0.4, -0.2) is 45.8 Å². The molecule has 0 radical (unpaired) electrons. The number of ether oxygens (including phenoxy) is 1. The van der Waals surface area contributed by atoms with Gasteiger partial charge in [0, 0.05) is 27.2 Å². The lowest BCUT2D eigenvalue weighted by Gasteiger charge is -2.34. The van der Waals surface area contributed by atoms with E-state index in [0.29, 0.717) is 17.0 Å². The Morgan fingerprint density at radius 2 is 1.97 bits per heavy atom. The summed E-state index contributed by atoms with van der Waals surface area (Å²) in [5.41, 5.74) is 1.93. The van der Waals surface area contributed by atoms with Gasteiger partial charge in [-0.15, -0.1) is 0 Å². The van der Waals surface area contributed by atoms with Gasteiger partial charge in [0.25, 0.3) is 10.2 Å². The molecule has 1 N–H and O–H groups in total. The van der Waals surface area contributed by atoms with E-state index in [1.807, 2.05) is 6.07 Å². The van der Waals surface area contributed by atoms with Crippen LogP contribution in [0.1, 0.15) is 11.1 Å². The largest absolute Gasteiger partial charge is 0.453 e.